The van der Waals surface area contributed by atoms with Crippen molar-refractivity contribution in [1.29, 1.82) is 0 Å². The first-order valence-electron chi connectivity index (χ1n) is 8.12. The average molecular weight is 356 g/mol. The van der Waals surface area contributed by atoms with E-state index in [0.717, 1.165) is 23.5 Å². The second-order valence-corrected chi connectivity index (χ2v) is 6.86. The van der Waals surface area contributed by atoms with Crippen molar-refractivity contribution in [2.75, 3.05) is 18.2 Å². The number of carbonyl (C=O) groups excluding carboxylic acids is 2. The molecule has 0 bridgehead atoms. The van der Waals surface area contributed by atoms with Gasteiger partial charge in [-0.15, -0.1) is 11.8 Å². The molecule has 2 aromatic carbocycles. The zero-order valence-electron chi connectivity index (χ0n) is 14.0. The van der Waals surface area contributed by atoms with Gasteiger partial charge in [-0.2, -0.15) is 0 Å². The van der Waals surface area contributed by atoms with Crippen LogP contribution in [0.2, 0.25) is 0 Å². The van der Waals surface area contributed by atoms with Crippen LogP contribution < -0.4 is 15.4 Å². The van der Waals surface area contributed by atoms with Crippen LogP contribution in [0.4, 0.5) is 5.69 Å². The molecule has 0 atom stereocenters. The Balaban J connectivity index is 1.59. The van der Waals surface area contributed by atoms with Gasteiger partial charge in [0.2, 0.25) is 5.91 Å². The lowest BCUT2D eigenvalue weighted by molar-refractivity contribution is -0.113. The summed E-state index contributed by atoms with van der Waals surface area (Å²) in [7, 11) is 1.61. The van der Waals surface area contributed by atoms with Crippen LogP contribution >= 0.6 is 11.8 Å². The Bertz CT molecular complexity index is 775. The number of methoxy groups -OCH3 is 1. The van der Waals surface area contributed by atoms with E-state index in [1.807, 2.05) is 24.3 Å². The van der Waals surface area contributed by atoms with E-state index in [0.29, 0.717) is 11.3 Å². The molecule has 2 N–H and O–H groups in total. The molecule has 5 nitrogen and oxygen atoms in total. The summed E-state index contributed by atoms with van der Waals surface area (Å²) in [5.41, 5.74) is 1.03. The van der Waals surface area contributed by atoms with Gasteiger partial charge in [0.25, 0.3) is 5.91 Å². The molecule has 1 aliphatic rings. The lowest BCUT2D eigenvalue weighted by atomic mass is 10.1. The summed E-state index contributed by atoms with van der Waals surface area (Å²) in [6, 6.07) is 14.9. The maximum Gasteiger partial charge on any atom is 0.253 e. The van der Waals surface area contributed by atoms with Crippen molar-refractivity contribution in [3.8, 4) is 5.75 Å². The Morgan fingerprint density at radius 1 is 1.16 bits per heavy atom. The number of carbonyl (C=O) groups is 2. The molecule has 6 heteroatoms. The molecule has 0 radical (unpaired) electrons. The Kier molecular flexibility index (Phi) is 5.60. The second kappa shape index (κ2) is 8.07. The Morgan fingerprint density at radius 3 is 2.72 bits per heavy atom. The first kappa shape index (κ1) is 17.4. The Hall–Kier alpha value is -2.47. The Labute approximate surface area is 151 Å². The fraction of sp³-hybridized carbons (Fsp3) is 0.263. The molecule has 130 valence electrons. The van der Waals surface area contributed by atoms with E-state index in [-0.39, 0.29) is 23.6 Å². The first-order chi connectivity index (χ1) is 12.2. The number of nitrogens with one attached hydrogen (secondary N) is 2. The van der Waals surface area contributed by atoms with E-state index in [4.69, 9.17) is 4.74 Å². The molecule has 0 saturated heterocycles. The predicted molar refractivity (Wildman–Crippen MR) is 99.3 cm³/mol. The summed E-state index contributed by atoms with van der Waals surface area (Å²) in [5.74, 6) is 0.719. The van der Waals surface area contributed by atoms with Gasteiger partial charge in [-0.3, -0.25) is 9.59 Å². The number of benzene rings is 2. The SMILES string of the molecule is COc1cccc(SCC(=O)Nc2ccccc2C(=O)NC2CC2)c1. The fourth-order valence-corrected chi connectivity index (χ4v) is 3.05. The van der Waals surface area contributed by atoms with Crippen molar-refractivity contribution >= 4 is 29.3 Å². The normalized spacial score (nSPS) is 13.2. The molecule has 2 amide bonds. The fourth-order valence-electron chi connectivity index (χ4n) is 2.31. The van der Waals surface area contributed by atoms with Crippen LogP contribution in [0, 0.1) is 0 Å². The number of hydrogen-bond acceptors (Lipinski definition) is 4. The van der Waals surface area contributed by atoms with Crippen LogP contribution in [0.1, 0.15) is 23.2 Å². The van der Waals surface area contributed by atoms with Gasteiger partial charge in [-0.25, -0.2) is 0 Å². The molecule has 25 heavy (non-hydrogen) atoms. The van der Waals surface area contributed by atoms with Crippen LogP contribution in [-0.2, 0) is 4.79 Å². The number of amides is 2. The lowest BCUT2D eigenvalue weighted by Gasteiger charge is -2.11. The van der Waals surface area contributed by atoms with Gasteiger partial charge in [-0.05, 0) is 43.2 Å². The molecule has 0 spiro atoms. The number of thioether (sulfide) groups is 1. The maximum atomic E-state index is 12.3. The summed E-state index contributed by atoms with van der Waals surface area (Å²) in [5, 5.41) is 5.78. The molecule has 0 aliphatic heterocycles. The third kappa shape index (κ3) is 5.00. The van der Waals surface area contributed by atoms with Crippen molar-refractivity contribution in [3.05, 3.63) is 54.1 Å². The van der Waals surface area contributed by atoms with Crippen molar-refractivity contribution in [3.63, 3.8) is 0 Å². The Morgan fingerprint density at radius 2 is 1.96 bits per heavy atom. The number of ether oxygens (including phenoxy) is 1. The topological polar surface area (TPSA) is 67.4 Å². The van der Waals surface area contributed by atoms with E-state index >= 15 is 0 Å². The van der Waals surface area contributed by atoms with Gasteiger partial charge in [-0.1, -0.05) is 18.2 Å². The van der Waals surface area contributed by atoms with Crippen molar-refractivity contribution < 1.29 is 14.3 Å². The van der Waals surface area contributed by atoms with Gasteiger partial charge < -0.3 is 15.4 Å². The molecule has 0 aromatic heterocycles. The van der Waals surface area contributed by atoms with Crippen LogP contribution in [0.15, 0.2) is 53.4 Å². The van der Waals surface area contributed by atoms with Crippen molar-refractivity contribution in [1.82, 2.24) is 5.32 Å². The second-order valence-electron chi connectivity index (χ2n) is 5.81. The van der Waals surface area contributed by atoms with Crippen LogP contribution in [0.3, 0.4) is 0 Å². The maximum absolute atomic E-state index is 12.3. The summed E-state index contributed by atoms with van der Waals surface area (Å²) in [4.78, 5) is 25.5. The van der Waals surface area contributed by atoms with Gasteiger partial charge in [0.15, 0.2) is 0 Å². The minimum absolute atomic E-state index is 0.140. The molecule has 1 fully saturated rings. The van der Waals surface area contributed by atoms with Gasteiger partial charge in [0, 0.05) is 10.9 Å². The predicted octanol–water partition coefficient (Wildman–Crippen LogP) is 3.32. The van der Waals surface area contributed by atoms with Gasteiger partial charge in [0.05, 0.1) is 24.1 Å². The highest BCUT2D eigenvalue weighted by Crippen LogP contribution is 2.24. The monoisotopic (exact) mass is 356 g/mol. The van der Waals surface area contributed by atoms with Crippen molar-refractivity contribution in [2.45, 2.75) is 23.8 Å². The zero-order chi connectivity index (χ0) is 17.6. The van der Waals surface area contributed by atoms with E-state index in [2.05, 4.69) is 10.6 Å². The lowest BCUT2D eigenvalue weighted by Crippen LogP contribution is -2.27. The number of rotatable bonds is 7. The van der Waals surface area contributed by atoms with E-state index in [1.165, 1.54) is 11.8 Å². The zero-order valence-corrected chi connectivity index (χ0v) is 14.8. The molecule has 1 aliphatic carbocycles. The number of hydrogen-bond donors (Lipinski definition) is 2. The number of anilines is 1. The molecular weight excluding hydrogens is 336 g/mol. The minimum Gasteiger partial charge on any atom is -0.497 e. The van der Waals surface area contributed by atoms with Crippen molar-refractivity contribution in [2.24, 2.45) is 0 Å². The highest BCUT2D eigenvalue weighted by molar-refractivity contribution is 8.00. The average Bonchev–Trinajstić information content (AvgIpc) is 3.44. The van der Waals surface area contributed by atoms with Crippen LogP contribution in [0.5, 0.6) is 5.75 Å². The third-order valence-electron chi connectivity index (χ3n) is 3.77. The summed E-state index contributed by atoms with van der Waals surface area (Å²) in [6.45, 7) is 0. The minimum atomic E-state index is -0.153. The smallest absolute Gasteiger partial charge is 0.253 e. The summed E-state index contributed by atoms with van der Waals surface area (Å²) in [6.07, 6.45) is 2.05. The van der Waals surface area contributed by atoms with Crippen LogP contribution in [0.25, 0.3) is 0 Å². The van der Waals surface area contributed by atoms with E-state index in [1.54, 1.807) is 31.4 Å². The highest BCUT2D eigenvalue weighted by atomic mass is 32.2. The standard InChI is InChI=1S/C19H20N2O3S/c1-24-14-5-4-6-15(11-14)25-12-18(22)21-17-8-3-2-7-16(17)19(23)20-13-9-10-13/h2-8,11,13H,9-10,12H2,1H3,(H,20,23)(H,21,22). The number of para-hydroxylation sites is 1. The molecule has 2 aromatic rings. The first-order valence-corrected chi connectivity index (χ1v) is 9.11. The van der Waals surface area contributed by atoms with Gasteiger partial charge >= 0.3 is 0 Å². The quantitative estimate of drug-likeness (QED) is 0.747. The van der Waals surface area contributed by atoms with Crippen LogP contribution in [-0.4, -0.2) is 30.7 Å². The van der Waals surface area contributed by atoms with E-state index < -0.39 is 0 Å². The summed E-state index contributed by atoms with van der Waals surface area (Å²) < 4.78 is 5.18. The van der Waals surface area contributed by atoms with Gasteiger partial charge in [0.1, 0.15) is 5.75 Å². The van der Waals surface area contributed by atoms with E-state index in [9.17, 15) is 9.59 Å². The molecular formula is C19H20N2O3S. The largest absolute Gasteiger partial charge is 0.497 e. The molecule has 0 heterocycles. The molecule has 0 unspecified atom stereocenters. The summed E-state index contributed by atoms with van der Waals surface area (Å²) >= 11 is 1.42. The molecule has 1 saturated carbocycles. The molecule has 3 rings (SSSR count). The third-order valence-corrected chi connectivity index (χ3v) is 4.76. The highest BCUT2D eigenvalue weighted by Gasteiger charge is 2.24.